The van der Waals surface area contributed by atoms with Gasteiger partial charge < -0.3 is 34.9 Å². The fourth-order valence-corrected chi connectivity index (χ4v) is 6.12. The second-order valence-corrected chi connectivity index (χ2v) is 12.0. The molecule has 46 heavy (non-hydrogen) atoms. The third kappa shape index (κ3) is 8.44. The Kier molecular flexibility index (Phi) is 12.0. The first-order chi connectivity index (χ1) is 22.5. The van der Waals surface area contributed by atoms with Gasteiger partial charge in [-0.05, 0) is 69.0 Å². The molecule has 0 radical (unpaired) electrons. The van der Waals surface area contributed by atoms with Crippen molar-refractivity contribution >= 4 is 33.8 Å². The zero-order chi connectivity index (χ0) is 32.3. The summed E-state index contributed by atoms with van der Waals surface area (Å²) in [5.41, 5.74) is 9.73. The molecule has 2 aromatic carbocycles. The van der Waals surface area contributed by atoms with Gasteiger partial charge in [0.1, 0.15) is 11.3 Å². The number of pyridine rings is 1. The number of para-hydroxylation sites is 1. The molecule has 3 N–H and O–H groups in total. The Labute approximate surface area is 271 Å². The molecule has 0 unspecified atom stereocenters. The van der Waals surface area contributed by atoms with Crippen LogP contribution in [-0.2, 0) is 24.2 Å². The number of hydrogen-bond donors (Lipinski definition) is 2. The number of ether oxygens (including phenoxy) is 2. The van der Waals surface area contributed by atoms with Gasteiger partial charge in [-0.25, -0.2) is 19.2 Å². The number of aromatic nitrogens is 3. The van der Waals surface area contributed by atoms with Gasteiger partial charge in [0.2, 0.25) is 0 Å². The van der Waals surface area contributed by atoms with Crippen LogP contribution in [0.25, 0.3) is 21.9 Å². The number of halogens is 1. The number of nitrogens with two attached hydrogens (primary N) is 1. The molecule has 0 atom stereocenters. The molecule has 5 rings (SSSR count). The van der Waals surface area contributed by atoms with E-state index in [1.54, 1.807) is 19.2 Å². The van der Waals surface area contributed by atoms with Crippen LogP contribution in [-0.4, -0.2) is 83.4 Å². The van der Waals surface area contributed by atoms with Crippen molar-refractivity contribution in [2.75, 3.05) is 58.8 Å². The lowest BCUT2D eigenvalue weighted by atomic mass is 10.1. The minimum Gasteiger partial charge on any atom is -0.491 e. The molecule has 1 aliphatic rings. The van der Waals surface area contributed by atoms with Gasteiger partial charge in [-0.3, -0.25) is 0 Å². The standard InChI is InChI=1S/C35H48FN7O3/c1-3-22-46-30-24-26(13-14-28(30)36)25-42(21-20-41-17-8-4-9-18-41)35(44)38-16-7-10-19-43-31(15-23-45-2)40-32-33(43)27-11-5-6-12-29(27)39-34(32)37/h5-6,11-14,24H,3-4,7-10,15-23,25H2,1-2H3,(H2,37,39)(H,38,44). The molecule has 11 heteroatoms. The third-order valence-corrected chi connectivity index (χ3v) is 8.56. The summed E-state index contributed by atoms with van der Waals surface area (Å²) in [4.78, 5) is 27.2. The number of benzene rings is 2. The number of anilines is 1. The van der Waals surface area contributed by atoms with Gasteiger partial charge in [0.15, 0.2) is 17.4 Å². The molecule has 1 fully saturated rings. The Bertz CT molecular complexity index is 1590. The number of methoxy groups -OCH3 is 1. The number of unbranched alkanes of at least 4 members (excludes halogenated alkanes) is 1. The van der Waals surface area contributed by atoms with Crippen LogP contribution in [0.2, 0.25) is 0 Å². The Hall–Kier alpha value is -3.96. The number of aryl methyl sites for hydroxylation is 1. The van der Waals surface area contributed by atoms with Crippen molar-refractivity contribution in [2.24, 2.45) is 0 Å². The highest BCUT2D eigenvalue weighted by Gasteiger charge is 2.19. The van der Waals surface area contributed by atoms with E-state index in [1.165, 1.54) is 25.3 Å². The van der Waals surface area contributed by atoms with Crippen LogP contribution in [0.4, 0.5) is 15.0 Å². The van der Waals surface area contributed by atoms with Crippen molar-refractivity contribution < 1.29 is 18.7 Å². The first-order valence-corrected chi connectivity index (χ1v) is 16.7. The topological polar surface area (TPSA) is 111 Å². The molecular formula is C35H48FN7O3. The predicted octanol–water partition coefficient (Wildman–Crippen LogP) is 5.76. The molecule has 10 nitrogen and oxygen atoms in total. The van der Waals surface area contributed by atoms with E-state index in [9.17, 15) is 9.18 Å². The Morgan fingerprint density at radius 3 is 2.70 bits per heavy atom. The van der Waals surface area contributed by atoms with Crippen molar-refractivity contribution in [2.45, 2.75) is 65.0 Å². The van der Waals surface area contributed by atoms with E-state index in [2.05, 4.69) is 25.8 Å². The van der Waals surface area contributed by atoms with Crippen LogP contribution in [0.5, 0.6) is 5.75 Å². The monoisotopic (exact) mass is 633 g/mol. The third-order valence-electron chi connectivity index (χ3n) is 8.56. The molecule has 2 amide bonds. The maximum absolute atomic E-state index is 14.3. The van der Waals surface area contributed by atoms with Crippen LogP contribution in [0.3, 0.4) is 0 Å². The van der Waals surface area contributed by atoms with Gasteiger partial charge in [0.25, 0.3) is 0 Å². The van der Waals surface area contributed by atoms with Gasteiger partial charge >= 0.3 is 6.03 Å². The van der Waals surface area contributed by atoms with E-state index in [4.69, 9.17) is 20.2 Å². The Balaban J connectivity index is 1.23. The van der Waals surface area contributed by atoms with E-state index in [1.807, 2.05) is 30.0 Å². The largest absolute Gasteiger partial charge is 0.491 e. The summed E-state index contributed by atoms with van der Waals surface area (Å²) in [5.74, 6) is 1.19. The summed E-state index contributed by atoms with van der Waals surface area (Å²) in [7, 11) is 1.69. The highest BCUT2D eigenvalue weighted by Crippen LogP contribution is 2.29. The van der Waals surface area contributed by atoms with E-state index in [0.717, 1.165) is 73.2 Å². The molecule has 248 valence electrons. The number of imidazole rings is 1. The second-order valence-electron chi connectivity index (χ2n) is 12.0. The fourth-order valence-electron chi connectivity index (χ4n) is 6.12. The quantitative estimate of drug-likeness (QED) is 0.151. The average Bonchev–Trinajstić information content (AvgIpc) is 3.45. The molecule has 3 heterocycles. The minimum absolute atomic E-state index is 0.115. The summed E-state index contributed by atoms with van der Waals surface area (Å²) in [6.07, 6.45) is 6.74. The molecule has 0 saturated carbocycles. The molecule has 0 spiro atoms. The number of hydrogen-bond acceptors (Lipinski definition) is 7. The molecule has 0 bridgehead atoms. The zero-order valence-electron chi connectivity index (χ0n) is 27.3. The lowest BCUT2D eigenvalue weighted by Crippen LogP contribution is -2.44. The van der Waals surface area contributed by atoms with Crippen molar-refractivity contribution in [1.29, 1.82) is 0 Å². The number of rotatable bonds is 16. The van der Waals surface area contributed by atoms with E-state index in [-0.39, 0.29) is 17.6 Å². The van der Waals surface area contributed by atoms with E-state index >= 15 is 0 Å². The normalized spacial score (nSPS) is 13.8. The summed E-state index contributed by atoms with van der Waals surface area (Å²) in [6, 6.07) is 12.7. The molecule has 2 aromatic heterocycles. The number of likely N-dealkylation sites (tertiary alicyclic amines) is 1. The Morgan fingerprint density at radius 2 is 1.89 bits per heavy atom. The number of amides is 2. The second kappa shape index (κ2) is 16.6. The number of nitrogen functional groups attached to an aromatic ring is 1. The Morgan fingerprint density at radius 1 is 1.07 bits per heavy atom. The van der Waals surface area contributed by atoms with Crippen molar-refractivity contribution in [3.8, 4) is 5.75 Å². The highest BCUT2D eigenvalue weighted by molar-refractivity contribution is 6.06. The fraction of sp³-hybridized carbons (Fsp3) is 0.514. The average molecular weight is 634 g/mol. The van der Waals surface area contributed by atoms with Crippen LogP contribution >= 0.6 is 0 Å². The number of nitrogens with one attached hydrogen (secondary N) is 1. The smallest absolute Gasteiger partial charge is 0.317 e. The molecule has 4 aromatic rings. The molecule has 1 aliphatic heterocycles. The van der Waals surface area contributed by atoms with Crippen LogP contribution < -0.4 is 15.8 Å². The van der Waals surface area contributed by atoms with E-state index < -0.39 is 0 Å². The van der Waals surface area contributed by atoms with Crippen molar-refractivity contribution in [1.82, 2.24) is 29.7 Å². The maximum atomic E-state index is 14.3. The number of urea groups is 1. The summed E-state index contributed by atoms with van der Waals surface area (Å²) in [6.45, 7) is 8.18. The zero-order valence-corrected chi connectivity index (χ0v) is 27.3. The lowest BCUT2D eigenvalue weighted by Gasteiger charge is -2.30. The minimum atomic E-state index is -0.385. The van der Waals surface area contributed by atoms with Gasteiger partial charge in [0, 0.05) is 51.6 Å². The van der Waals surface area contributed by atoms with Crippen molar-refractivity contribution in [3.05, 3.63) is 59.7 Å². The summed E-state index contributed by atoms with van der Waals surface area (Å²) in [5, 5.41) is 4.16. The number of carbonyl (C=O) groups excluding carboxylic acids is 1. The lowest BCUT2D eigenvalue weighted by molar-refractivity contribution is 0.169. The van der Waals surface area contributed by atoms with Crippen LogP contribution in [0.15, 0.2) is 42.5 Å². The van der Waals surface area contributed by atoms with Crippen molar-refractivity contribution in [3.63, 3.8) is 0 Å². The highest BCUT2D eigenvalue weighted by atomic mass is 19.1. The number of nitrogens with zero attached hydrogens (tertiary/aromatic N) is 5. The SMILES string of the molecule is CCCOc1cc(CN(CCN2CCCCC2)C(=O)NCCCCn2c(CCOC)nc3c(N)nc4ccccc4c32)ccc1F. The number of fused-ring (bicyclic) bond motifs is 3. The molecular weight excluding hydrogens is 585 g/mol. The first-order valence-electron chi connectivity index (χ1n) is 16.7. The van der Waals surface area contributed by atoms with Gasteiger partial charge in [-0.1, -0.05) is 37.6 Å². The first kappa shape index (κ1) is 33.4. The van der Waals surface area contributed by atoms with E-state index in [0.29, 0.717) is 50.6 Å². The van der Waals surface area contributed by atoms with Gasteiger partial charge in [-0.15, -0.1) is 0 Å². The molecule has 0 aliphatic carbocycles. The number of piperidine rings is 1. The van der Waals surface area contributed by atoms with Crippen LogP contribution in [0.1, 0.15) is 56.8 Å². The summed E-state index contributed by atoms with van der Waals surface area (Å²) < 4.78 is 27.5. The molecule has 1 saturated heterocycles. The van der Waals surface area contributed by atoms with Crippen LogP contribution in [0, 0.1) is 5.82 Å². The maximum Gasteiger partial charge on any atom is 0.317 e. The number of carbonyl (C=O) groups is 1. The predicted molar refractivity (Wildman–Crippen MR) is 181 cm³/mol. The van der Waals surface area contributed by atoms with Gasteiger partial charge in [0.05, 0.1) is 24.2 Å². The summed E-state index contributed by atoms with van der Waals surface area (Å²) >= 11 is 0. The van der Waals surface area contributed by atoms with Gasteiger partial charge in [-0.2, -0.15) is 0 Å².